The zero-order chi connectivity index (χ0) is 16.9. The Morgan fingerprint density at radius 3 is 2.57 bits per heavy atom. The van der Waals surface area contributed by atoms with Crippen LogP contribution >= 0.6 is 0 Å². The Balaban J connectivity index is 1.72. The van der Waals surface area contributed by atoms with E-state index in [1.165, 1.54) is 6.20 Å². The Morgan fingerprint density at radius 2 is 2.00 bits per heavy atom. The van der Waals surface area contributed by atoms with E-state index in [4.69, 9.17) is 0 Å². The molecule has 1 aliphatic heterocycles. The molecule has 1 saturated heterocycles. The summed E-state index contributed by atoms with van der Waals surface area (Å²) in [6, 6.07) is 3.45. The predicted octanol–water partition coefficient (Wildman–Crippen LogP) is 0.167. The third kappa shape index (κ3) is 4.73. The number of rotatable bonds is 6. The van der Waals surface area contributed by atoms with Crippen LogP contribution in [0.15, 0.2) is 24.5 Å². The molecule has 1 fully saturated rings. The summed E-state index contributed by atoms with van der Waals surface area (Å²) >= 11 is 0. The van der Waals surface area contributed by atoms with Gasteiger partial charge in [0.25, 0.3) is 5.91 Å². The molecule has 0 spiro atoms. The first-order valence-electron chi connectivity index (χ1n) is 7.81. The van der Waals surface area contributed by atoms with Gasteiger partial charge in [0.15, 0.2) is 0 Å². The second-order valence-corrected chi connectivity index (χ2v) is 8.32. The second kappa shape index (κ2) is 7.85. The Bertz CT molecular complexity index is 611. The number of sulfonamides is 1. The molecule has 7 nitrogen and oxygen atoms in total. The summed E-state index contributed by atoms with van der Waals surface area (Å²) in [7, 11) is -3.16. The minimum Gasteiger partial charge on any atom is -0.351 e. The standard InChI is InChI=1S/C15H24N4O3S/c1-13(2)23(21,22)19-10-8-18(9-11-19)7-6-17-15(20)14-4-3-5-16-12-14/h3-5,12-13H,6-11H2,1-2H3,(H,17,20). The molecule has 8 heteroatoms. The van der Waals surface area contributed by atoms with Crippen LogP contribution in [-0.4, -0.2) is 73.0 Å². The molecule has 2 rings (SSSR count). The third-order valence-corrected chi connectivity index (χ3v) is 6.20. The number of carbonyl (C=O) groups excluding carboxylic acids is 1. The topological polar surface area (TPSA) is 82.6 Å². The van der Waals surface area contributed by atoms with E-state index in [0.717, 1.165) is 0 Å². The highest BCUT2D eigenvalue weighted by atomic mass is 32.2. The van der Waals surface area contributed by atoms with E-state index in [1.54, 1.807) is 36.5 Å². The summed E-state index contributed by atoms with van der Waals surface area (Å²) in [5.74, 6) is -0.140. The van der Waals surface area contributed by atoms with Crippen LogP contribution in [0.3, 0.4) is 0 Å². The van der Waals surface area contributed by atoms with Gasteiger partial charge in [0.1, 0.15) is 0 Å². The number of pyridine rings is 1. The van der Waals surface area contributed by atoms with Gasteiger partial charge in [-0.05, 0) is 26.0 Å². The fourth-order valence-corrected chi connectivity index (χ4v) is 3.70. The average Bonchev–Trinajstić information content (AvgIpc) is 2.56. The zero-order valence-corrected chi connectivity index (χ0v) is 14.4. The van der Waals surface area contributed by atoms with Crippen molar-refractivity contribution < 1.29 is 13.2 Å². The molecule has 0 bridgehead atoms. The highest BCUT2D eigenvalue weighted by Crippen LogP contribution is 2.11. The highest BCUT2D eigenvalue weighted by Gasteiger charge is 2.29. The SMILES string of the molecule is CC(C)S(=O)(=O)N1CCN(CCNC(=O)c2cccnc2)CC1. The number of aromatic nitrogens is 1. The van der Waals surface area contributed by atoms with Gasteiger partial charge in [-0.15, -0.1) is 0 Å². The number of nitrogens with one attached hydrogen (secondary N) is 1. The number of piperazine rings is 1. The van der Waals surface area contributed by atoms with Gasteiger partial charge in [-0.1, -0.05) is 0 Å². The first-order valence-corrected chi connectivity index (χ1v) is 9.31. The maximum atomic E-state index is 12.1. The van der Waals surface area contributed by atoms with Gasteiger partial charge in [-0.2, -0.15) is 4.31 Å². The van der Waals surface area contributed by atoms with Gasteiger partial charge in [0.2, 0.25) is 10.0 Å². The number of hydrogen-bond donors (Lipinski definition) is 1. The molecule has 0 aromatic carbocycles. The molecular weight excluding hydrogens is 316 g/mol. The Labute approximate surface area is 137 Å². The van der Waals surface area contributed by atoms with Crippen LogP contribution in [0.25, 0.3) is 0 Å². The lowest BCUT2D eigenvalue weighted by molar-refractivity contribution is 0.0944. The molecule has 23 heavy (non-hydrogen) atoms. The first kappa shape index (κ1) is 17.8. The predicted molar refractivity (Wildman–Crippen MR) is 88.6 cm³/mol. The molecule has 1 aromatic heterocycles. The van der Waals surface area contributed by atoms with E-state index in [2.05, 4.69) is 15.2 Å². The minimum absolute atomic E-state index is 0.140. The summed E-state index contributed by atoms with van der Waals surface area (Å²) in [5.41, 5.74) is 0.542. The van der Waals surface area contributed by atoms with E-state index in [9.17, 15) is 13.2 Å². The van der Waals surface area contributed by atoms with Crippen LogP contribution in [-0.2, 0) is 10.0 Å². The molecule has 1 aliphatic rings. The Hall–Kier alpha value is -1.51. The van der Waals surface area contributed by atoms with Gasteiger partial charge in [0.05, 0.1) is 10.8 Å². The average molecular weight is 340 g/mol. The van der Waals surface area contributed by atoms with Gasteiger partial charge in [-0.25, -0.2) is 8.42 Å². The summed E-state index contributed by atoms with van der Waals surface area (Å²) in [6.45, 7) is 7.05. The van der Waals surface area contributed by atoms with Gasteiger partial charge in [0, 0.05) is 51.7 Å². The molecule has 0 saturated carbocycles. The van der Waals surface area contributed by atoms with Gasteiger partial charge < -0.3 is 5.32 Å². The molecule has 1 N–H and O–H groups in total. The summed E-state index contributed by atoms with van der Waals surface area (Å²) in [5, 5.41) is 2.47. The van der Waals surface area contributed by atoms with Crippen molar-refractivity contribution in [2.45, 2.75) is 19.1 Å². The lowest BCUT2D eigenvalue weighted by Crippen LogP contribution is -2.51. The first-order chi connectivity index (χ1) is 10.9. The normalized spacial score (nSPS) is 17.3. The lowest BCUT2D eigenvalue weighted by atomic mass is 10.2. The number of hydrogen-bond acceptors (Lipinski definition) is 5. The van der Waals surface area contributed by atoms with E-state index >= 15 is 0 Å². The van der Waals surface area contributed by atoms with Crippen molar-refractivity contribution in [3.05, 3.63) is 30.1 Å². The number of amides is 1. The van der Waals surface area contributed by atoms with Crippen LogP contribution in [0, 0.1) is 0 Å². The van der Waals surface area contributed by atoms with Crippen LogP contribution in [0.1, 0.15) is 24.2 Å². The van der Waals surface area contributed by atoms with Crippen molar-refractivity contribution in [1.82, 2.24) is 19.5 Å². The molecule has 128 valence electrons. The largest absolute Gasteiger partial charge is 0.351 e. The van der Waals surface area contributed by atoms with Gasteiger partial charge >= 0.3 is 0 Å². The van der Waals surface area contributed by atoms with Crippen molar-refractivity contribution >= 4 is 15.9 Å². The van der Waals surface area contributed by atoms with Crippen LogP contribution < -0.4 is 5.32 Å². The van der Waals surface area contributed by atoms with E-state index < -0.39 is 10.0 Å². The van der Waals surface area contributed by atoms with Crippen molar-refractivity contribution in [2.24, 2.45) is 0 Å². The molecular formula is C15H24N4O3S. The zero-order valence-electron chi connectivity index (χ0n) is 13.6. The van der Waals surface area contributed by atoms with E-state index in [1.807, 2.05) is 0 Å². The van der Waals surface area contributed by atoms with Crippen molar-refractivity contribution in [2.75, 3.05) is 39.3 Å². The molecule has 0 radical (unpaired) electrons. The Kier molecular flexibility index (Phi) is 6.09. The number of nitrogens with zero attached hydrogens (tertiary/aromatic N) is 3. The maximum Gasteiger partial charge on any atom is 0.252 e. The summed E-state index contributed by atoms with van der Waals surface area (Å²) in [6.07, 6.45) is 3.16. The highest BCUT2D eigenvalue weighted by molar-refractivity contribution is 7.89. The minimum atomic E-state index is -3.16. The monoisotopic (exact) mass is 340 g/mol. The molecule has 2 heterocycles. The molecule has 0 unspecified atom stereocenters. The fraction of sp³-hybridized carbons (Fsp3) is 0.600. The third-order valence-electron chi connectivity index (χ3n) is 3.92. The quantitative estimate of drug-likeness (QED) is 0.798. The molecule has 0 aliphatic carbocycles. The Morgan fingerprint density at radius 1 is 1.30 bits per heavy atom. The van der Waals surface area contributed by atoms with Crippen molar-refractivity contribution in [3.63, 3.8) is 0 Å². The maximum absolute atomic E-state index is 12.1. The van der Waals surface area contributed by atoms with Crippen LogP contribution in [0.2, 0.25) is 0 Å². The smallest absolute Gasteiger partial charge is 0.252 e. The fourth-order valence-electron chi connectivity index (χ4n) is 2.43. The molecule has 1 aromatic rings. The van der Waals surface area contributed by atoms with Crippen LogP contribution in [0.4, 0.5) is 0 Å². The summed E-state index contributed by atoms with van der Waals surface area (Å²) < 4.78 is 25.8. The van der Waals surface area contributed by atoms with Gasteiger partial charge in [-0.3, -0.25) is 14.7 Å². The van der Waals surface area contributed by atoms with Crippen molar-refractivity contribution in [1.29, 1.82) is 0 Å². The van der Waals surface area contributed by atoms with E-state index in [0.29, 0.717) is 44.8 Å². The van der Waals surface area contributed by atoms with Crippen LogP contribution in [0.5, 0.6) is 0 Å². The lowest BCUT2D eigenvalue weighted by Gasteiger charge is -2.34. The van der Waals surface area contributed by atoms with Crippen molar-refractivity contribution in [3.8, 4) is 0 Å². The molecule has 0 atom stereocenters. The number of carbonyl (C=O) groups is 1. The van der Waals surface area contributed by atoms with E-state index in [-0.39, 0.29) is 11.2 Å². The molecule has 1 amide bonds. The summed E-state index contributed by atoms with van der Waals surface area (Å²) in [4.78, 5) is 18.0. The second-order valence-electron chi connectivity index (χ2n) is 5.83.